The lowest BCUT2D eigenvalue weighted by Crippen LogP contribution is -2.45. The predicted octanol–water partition coefficient (Wildman–Crippen LogP) is 6.51. The van der Waals surface area contributed by atoms with Crippen LogP contribution >= 0.6 is 11.6 Å². The molecule has 6 rings (SSSR count). The van der Waals surface area contributed by atoms with E-state index >= 15 is 0 Å². The smallest absolute Gasteiger partial charge is 0.207 e. The number of halogens is 1. The van der Waals surface area contributed by atoms with E-state index in [0.717, 1.165) is 38.8 Å². The minimum atomic E-state index is -1.18. The van der Waals surface area contributed by atoms with Gasteiger partial charge in [-0.2, -0.15) is 0 Å². The summed E-state index contributed by atoms with van der Waals surface area (Å²) in [6, 6.07) is 28.0. The van der Waals surface area contributed by atoms with Crippen LogP contribution in [0.15, 0.2) is 91.0 Å². The van der Waals surface area contributed by atoms with E-state index in [9.17, 15) is 4.79 Å². The van der Waals surface area contributed by atoms with Gasteiger partial charge in [-0.25, -0.2) is 0 Å². The van der Waals surface area contributed by atoms with Crippen molar-refractivity contribution in [3.8, 4) is 5.75 Å². The van der Waals surface area contributed by atoms with Crippen LogP contribution in [0.2, 0.25) is 5.02 Å². The lowest BCUT2D eigenvalue weighted by molar-refractivity contribution is -0.130. The monoisotopic (exact) mass is 408 g/mol. The van der Waals surface area contributed by atoms with E-state index in [2.05, 4.69) is 12.1 Å². The van der Waals surface area contributed by atoms with Crippen molar-refractivity contribution < 1.29 is 9.53 Å². The first-order valence-corrected chi connectivity index (χ1v) is 10.3. The standard InChI is InChI=1S/C27H17ClO2/c28-22-12-6-4-10-20(22)26-25-19-9-3-1-7-17(19)13-15-23(25)30-27(26)21-11-5-2-8-18(21)14-16-24(27)29/h1-16,26H/t26-,27+/m0/s1. The summed E-state index contributed by atoms with van der Waals surface area (Å²) in [5.41, 5.74) is 2.60. The second kappa shape index (κ2) is 6.32. The number of hydrogen-bond donors (Lipinski definition) is 0. The summed E-state index contributed by atoms with van der Waals surface area (Å²) in [7, 11) is 0. The fourth-order valence-corrected chi connectivity index (χ4v) is 5.23. The maximum absolute atomic E-state index is 13.6. The quantitative estimate of drug-likeness (QED) is 0.359. The number of fused-ring (bicyclic) bond motifs is 5. The van der Waals surface area contributed by atoms with Crippen LogP contribution in [-0.2, 0) is 10.4 Å². The summed E-state index contributed by atoms with van der Waals surface area (Å²) < 4.78 is 6.64. The average Bonchev–Trinajstić information content (AvgIpc) is 3.13. The van der Waals surface area contributed by atoms with E-state index < -0.39 is 5.60 Å². The van der Waals surface area contributed by atoms with Crippen LogP contribution in [0.25, 0.3) is 16.8 Å². The van der Waals surface area contributed by atoms with Crippen LogP contribution in [0.1, 0.15) is 28.2 Å². The molecule has 0 unspecified atom stereocenters. The molecule has 0 fully saturated rings. The van der Waals surface area contributed by atoms with Crippen LogP contribution in [-0.4, -0.2) is 5.78 Å². The molecule has 1 spiro atoms. The topological polar surface area (TPSA) is 26.3 Å². The number of benzene rings is 4. The van der Waals surface area contributed by atoms with E-state index in [4.69, 9.17) is 16.3 Å². The number of carbonyl (C=O) groups is 1. The average molecular weight is 409 g/mol. The summed E-state index contributed by atoms with van der Waals surface area (Å²) in [6.45, 7) is 0. The number of rotatable bonds is 1. The van der Waals surface area contributed by atoms with E-state index in [1.54, 1.807) is 6.08 Å². The van der Waals surface area contributed by atoms with Gasteiger partial charge in [-0.15, -0.1) is 0 Å². The van der Waals surface area contributed by atoms with Gasteiger partial charge in [-0.1, -0.05) is 90.5 Å². The lowest BCUT2D eigenvalue weighted by Gasteiger charge is -2.36. The molecule has 0 saturated carbocycles. The number of ketones is 1. The fourth-order valence-electron chi connectivity index (χ4n) is 4.99. The van der Waals surface area contributed by atoms with Crippen molar-refractivity contribution >= 4 is 34.2 Å². The highest BCUT2D eigenvalue weighted by Crippen LogP contribution is 2.58. The van der Waals surface area contributed by atoms with Gasteiger partial charge in [-0.05, 0) is 40.1 Å². The summed E-state index contributed by atoms with van der Waals surface area (Å²) in [5.74, 6) is 0.314. The van der Waals surface area contributed by atoms with Crippen LogP contribution in [0.5, 0.6) is 5.75 Å². The summed E-state index contributed by atoms with van der Waals surface area (Å²) in [4.78, 5) is 13.6. The SMILES string of the molecule is O=C1C=Cc2ccccc2[C@@]12Oc1ccc3ccccc3c1[C@@H]2c1ccccc1Cl. The first kappa shape index (κ1) is 17.5. The van der Waals surface area contributed by atoms with Gasteiger partial charge in [0, 0.05) is 16.1 Å². The van der Waals surface area contributed by atoms with Crippen molar-refractivity contribution in [1.29, 1.82) is 0 Å². The minimum Gasteiger partial charge on any atom is -0.473 e. The van der Waals surface area contributed by atoms with Crippen molar-refractivity contribution in [2.24, 2.45) is 0 Å². The van der Waals surface area contributed by atoms with Gasteiger partial charge < -0.3 is 4.74 Å². The van der Waals surface area contributed by atoms with Crippen molar-refractivity contribution in [3.63, 3.8) is 0 Å². The van der Waals surface area contributed by atoms with E-state index in [1.807, 2.05) is 78.9 Å². The molecule has 0 amide bonds. The molecule has 0 saturated heterocycles. The van der Waals surface area contributed by atoms with Gasteiger partial charge in [0.05, 0.1) is 5.92 Å². The van der Waals surface area contributed by atoms with Crippen molar-refractivity contribution in [1.82, 2.24) is 0 Å². The zero-order chi connectivity index (χ0) is 20.3. The zero-order valence-corrected chi connectivity index (χ0v) is 16.8. The minimum absolute atomic E-state index is 0.0635. The molecule has 1 aliphatic carbocycles. The second-order valence-corrected chi connectivity index (χ2v) is 8.18. The molecule has 1 aliphatic heterocycles. The number of carbonyl (C=O) groups excluding carboxylic acids is 1. The molecule has 4 aromatic rings. The van der Waals surface area contributed by atoms with E-state index in [1.165, 1.54) is 0 Å². The molecule has 2 atom stereocenters. The third kappa shape index (κ3) is 2.23. The number of hydrogen-bond acceptors (Lipinski definition) is 2. The summed E-state index contributed by atoms with van der Waals surface area (Å²) in [6.07, 6.45) is 3.51. The first-order valence-electron chi connectivity index (χ1n) is 9.97. The summed E-state index contributed by atoms with van der Waals surface area (Å²) in [5, 5.41) is 2.82. The first-order chi connectivity index (χ1) is 14.7. The zero-order valence-electron chi connectivity index (χ0n) is 16.0. The molecule has 144 valence electrons. The highest BCUT2D eigenvalue weighted by molar-refractivity contribution is 6.31. The molecule has 0 N–H and O–H groups in total. The van der Waals surface area contributed by atoms with Crippen LogP contribution in [0.3, 0.4) is 0 Å². The Balaban J connectivity index is 1.75. The van der Waals surface area contributed by atoms with Gasteiger partial charge in [-0.3, -0.25) is 4.79 Å². The van der Waals surface area contributed by atoms with Crippen molar-refractivity contribution in [3.05, 3.63) is 118 Å². The Kier molecular flexibility index (Phi) is 3.68. The van der Waals surface area contributed by atoms with Crippen LogP contribution in [0, 0.1) is 0 Å². The molecule has 1 heterocycles. The van der Waals surface area contributed by atoms with Gasteiger partial charge in [0.1, 0.15) is 5.75 Å². The highest BCUT2D eigenvalue weighted by atomic mass is 35.5. The Morgan fingerprint density at radius 3 is 2.47 bits per heavy atom. The molecule has 0 aromatic heterocycles. The number of ether oxygens (including phenoxy) is 1. The van der Waals surface area contributed by atoms with Gasteiger partial charge in [0.25, 0.3) is 0 Å². The second-order valence-electron chi connectivity index (χ2n) is 7.78. The maximum atomic E-state index is 13.6. The molecular formula is C27H17ClO2. The Morgan fingerprint density at radius 2 is 1.57 bits per heavy atom. The van der Waals surface area contributed by atoms with Gasteiger partial charge in [0.15, 0.2) is 0 Å². The third-order valence-corrected chi connectivity index (χ3v) is 6.60. The lowest BCUT2D eigenvalue weighted by atomic mass is 9.69. The molecule has 30 heavy (non-hydrogen) atoms. The Labute approximate surface area is 179 Å². The van der Waals surface area contributed by atoms with E-state index in [0.29, 0.717) is 5.02 Å². The largest absolute Gasteiger partial charge is 0.473 e. The third-order valence-electron chi connectivity index (χ3n) is 6.25. The van der Waals surface area contributed by atoms with Crippen molar-refractivity contribution in [2.45, 2.75) is 11.5 Å². The molecule has 0 radical (unpaired) electrons. The normalized spacial score (nSPS) is 21.5. The molecule has 3 heteroatoms. The summed E-state index contributed by atoms with van der Waals surface area (Å²) >= 11 is 6.71. The van der Waals surface area contributed by atoms with Gasteiger partial charge in [0.2, 0.25) is 11.4 Å². The Bertz CT molecular complexity index is 1370. The molecule has 2 nitrogen and oxygen atoms in total. The Hall–Kier alpha value is -3.36. The van der Waals surface area contributed by atoms with Crippen LogP contribution < -0.4 is 4.74 Å². The fraction of sp³-hybridized carbons (Fsp3) is 0.0741. The molecule has 0 bridgehead atoms. The molecule has 2 aliphatic rings. The molecular weight excluding hydrogens is 392 g/mol. The van der Waals surface area contributed by atoms with Crippen LogP contribution in [0.4, 0.5) is 0 Å². The van der Waals surface area contributed by atoms with E-state index in [-0.39, 0.29) is 11.7 Å². The Morgan fingerprint density at radius 1 is 0.800 bits per heavy atom. The van der Waals surface area contributed by atoms with Crippen molar-refractivity contribution in [2.75, 3.05) is 0 Å². The maximum Gasteiger partial charge on any atom is 0.207 e. The van der Waals surface area contributed by atoms with Gasteiger partial charge >= 0.3 is 0 Å². The molecule has 4 aromatic carbocycles. The predicted molar refractivity (Wildman–Crippen MR) is 120 cm³/mol. The highest BCUT2D eigenvalue weighted by Gasteiger charge is 2.57.